The molecule has 0 radical (unpaired) electrons. The van der Waals surface area contributed by atoms with Gasteiger partial charge in [-0.25, -0.2) is 8.42 Å². The zero-order chi connectivity index (χ0) is 16.2. The zero-order valence-electron chi connectivity index (χ0n) is 12.4. The number of benzene rings is 1. The molecule has 0 unspecified atom stereocenters. The Hall–Kier alpha value is 0.190. The minimum atomic E-state index is -3.71. The first kappa shape index (κ1) is 19.2. The predicted molar refractivity (Wildman–Crippen MR) is 92.7 cm³/mol. The van der Waals surface area contributed by atoms with Gasteiger partial charge in [0.05, 0.1) is 10.0 Å². The highest BCUT2D eigenvalue weighted by Gasteiger charge is 2.31. The largest absolute Gasteiger partial charge is 0.246 e. The number of nitrogens with zero attached hydrogens (tertiary/aromatic N) is 1. The maximum atomic E-state index is 12.9. The van der Waals surface area contributed by atoms with E-state index in [2.05, 4.69) is 22.9 Å². The van der Waals surface area contributed by atoms with Gasteiger partial charge in [-0.15, -0.1) is 0 Å². The van der Waals surface area contributed by atoms with Crippen molar-refractivity contribution in [3.8, 4) is 0 Å². The normalized spacial score (nSPS) is 12.4. The van der Waals surface area contributed by atoms with Gasteiger partial charge >= 0.3 is 0 Å². The lowest BCUT2D eigenvalue weighted by Crippen LogP contribution is -2.38. The molecular weight excluding hydrogens is 397 g/mol. The Morgan fingerprint density at radius 1 is 1.19 bits per heavy atom. The molecule has 1 aromatic carbocycles. The number of hydrogen-bond donors (Lipinski definition) is 0. The summed E-state index contributed by atoms with van der Waals surface area (Å²) in [6.45, 7) is 6.25. The molecule has 0 bridgehead atoms. The SMILES string of the molecule is CCCCCN(C(C)C)S(=O)(=O)c1c(Cl)cc(Br)cc1Cl. The monoisotopic (exact) mass is 415 g/mol. The number of hydrogen-bond acceptors (Lipinski definition) is 2. The van der Waals surface area contributed by atoms with Gasteiger partial charge in [-0.1, -0.05) is 58.9 Å². The molecule has 0 aliphatic heterocycles. The molecule has 0 heterocycles. The molecule has 0 amide bonds. The van der Waals surface area contributed by atoms with Gasteiger partial charge in [0.2, 0.25) is 10.0 Å². The van der Waals surface area contributed by atoms with Crippen LogP contribution >= 0.6 is 39.1 Å². The molecule has 7 heteroatoms. The Kier molecular flexibility index (Phi) is 7.47. The van der Waals surface area contributed by atoms with Crippen LogP contribution in [0.25, 0.3) is 0 Å². The van der Waals surface area contributed by atoms with E-state index in [4.69, 9.17) is 23.2 Å². The topological polar surface area (TPSA) is 37.4 Å². The van der Waals surface area contributed by atoms with Gasteiger partial charge in [-0.3, -0.25) is 0 Å². The summed E-state index contributed by atoms with van der Waals surface area (Å²) in [5, 5.41) is 0.269. The zero-order valence-corrected chi connectivity index (χ0v) is 16.3. The Labute approximate surface area is 145 Å². The second-order valence-electron chi connectivity index (χ2n) is 5.12. The molecule has 1 aromatic rings. The molecule has 0 aliphatic rings. The lowest BCUT2D eigenvalue weighted by Gasteiger charge is -2.26. The molecule has 0 fully saturated rings. The summed E-state index contributed by atoms with van der Waals surface area (Å²) in [5.41, 5.74) is 0. The standard InChI is InChI=1S/C14H20BrCl2NO2S/c1-4-5-6-7-18(10(2)3)21(19,20)14-12(16)8-11(15)9-13(14)17/h8-10H,4-7H2,1-3H3. The van der Waals surface area contributed by atoms with Crippen LogP contribution in [0.3, 0.4) is 0 Å². The minimum absolute atomic E-state index is 0.0146. The molecule has 1 rings (SSSR count). The van der Waals surface area contributed by atoms with E-state index in [9.17, 15) is 8.42 Å². The summed E-state index contributed by atoms with van der Waals surface area (Å²) in [6.07, 6.45) is 2.84. The van der Waals surface area contributed by atoms with Gasteiger partial charge in [0.15, 0.2) is 0 Å². The van der Waals surface area contributed by atoms with E-state index in [-0.39, 0.29) is 21.0 Å². The third kappa shape index (κ3) is 4.83. The fourth-order valence-electron chi connectivity index (χ4n) is 2.07. The van der Waals surface area contributed by atoms with Crippen LogP contribution in [0.4, 0.5) is 0 Å². The van der Waals surface area contributed by atoms with Crippen molar-refractivity contribution in [1.82, 2.24) is 4.31 Å². The Balaban J connectivity index is 3.23. The highest BCUT2D eigenvalue weighted by Crippen LogP contribution is 2.35. The average Bonchev–Trinajstić information content (AvgIpc) is 2.31. The van der Waals surface area contributed by atoms with Crippen molar-refractivity contribution in [3.05, 3.63) is 26.7 Å². The van der Waals surface area contributed by atoms with Crippen molar-refractivity contribution in [2.75, 3.05) is 6.54 Å². The van der Waals surface area contributed by atoms with Crippen molar-refractivity contribution >= 4 is 49.2 Å². The van der Waals surface area contributed by atoms with Crippen molar-refractivity contribution in [2.45, 2.75) is 51.0 Å². The Morgan fingerprint density at radius 2 is 1.71 bits per heavy atom. The van der Waals surface area contributed by atoms with Gasteiger partial charge in [0.1, 0.15) is 4.90 Å². The van der Waals surface area contributed by atoms with E-state index in [0.29, 0.717) is 11.0 Å². The summed E-state index contributed by atoms with van der Waals surface area (Å²) >= 11 is 15.5. The summed E-state index contributed by atoms with van der Waals surface area (Å²) in [4.78, 5) is -0.0146. The van der Waals surface area contributed by atoms with E-state index in [1.54, 1.807) is 12.1 Å². The van der Waals surface area contributed by atoms with E-state index in [1.165, 1.54) is 4.31 Å². The number of sulfonamides is 1. The first-order valence-electron chi connectivity index (χ1n) is 6.88. The van der Waals surface area contributed by atoms with Crippen molar-refractivity contribution in [1.29, 1.82) is 0 Å². The highest BCUT2D eigenvalue weighted by molar-refractivity contribution is 9.10. The molecule has 0 saturated heterocycles. The van der Waals surface area contributed by atoms with Gasteiger partial charge in [-0.05, 0) is 32.4 Å². The van der Waals surface area contributed by atoms with Crippen LogP contribution in [0, 0.1) is 0 Å². The van der Waals surface area contributed by atoms with E-state index in [0.717, 1.165) is 19.3 Å². The fraction of sp³-hybridized carbons (Fsp3) is 0.571. The van der Waals surface area contributed by atoms with Crippen molar-refractivity contribution in [3.63, 3.8) is 0 Å². The van der Waals surface area contributed by atoms with Crippen LogP contribution < -0.4 is 0 Å². The molecule has 0 spiro atoms. The summed E-state index contributed by atoms with van der Waals surface area (Å²) in [5.74, 6) is 0. The first-order chi connectivity index (χ1) is 9.71. The second-order valence-corrected chi connectivity index (χ2v) is 8.67. The molecule has 21 heavy (non-hydrogen) atoms. The van der Waals surface area contributed by atoms with Gasteiger partial charge in [0, 0.05) is 17.1 Å². The van der Waals surface area contributed by atoms with Crippen molar-refractivity contribution < 1.29 is 8.42 Å². The molecule has 0 N–H and O–H groups in total. The van der Waals surface area contributed by atoms with Crippen molar-refractivity contribution in [2.24, 2.45) is 0 Å². The van der Waals surface area contributed by atoms with E-state index < -0.39 is 10.0 Å². The quantitative estimate of drug-likeness (QED) is 0.562. The summed E-state index contributed by atoms with van der Waals surface area (Å²) in [6, 6.07) is 2.94. The molecular formula is C14H20BrCl2NO2S. The lowest BCUT2D eigenvalue weighted by atomic mass is 10.2. The predicted octanol–water partition coefficient (Wildman–Crippen LogP) is 5.35. The van der Waals surface area contributed by atoms with Crippen LogP contribution in [-0.4, -0.2) is 25.3 Å². The second kappa shape index (κ2) is 8.16. The van der Waals surface area contributed by atoms with Gasteiger partial charge in [-0.2, -0.15) is 4.31 Å². The Bertz CT molecular complexity index is 568. The maximum Gasteiger partial charge on any atom is 0.246 e. The molecule has 0 atom stereocenters. The molecule has 120 valence electrons. The number of rotatable bonds is 7. The summed E-state index contributed by atoms with van der Waals surface area (Å²) < 4.78 is 27.8. The number of unbranched alkanes of at least 4 members (excludes halogenated alkanes) is 2. The molecule has 0 aliphatic carbocycles. The first-order valence-corrected chi connectivity index (χ1v) is 9.87. The van der Waals surface area contributed by atoms with Gasteiger partial charge < -0.3 is 0 Å². The highest BCUT2D eigenvalue weighted by atomic mass is 79.9. The lowest BCUT2D eigenvalue weighted by molar-refractivity contribution is 0.345. The summed E-state index contributed by atoms with van der Waals surface area (Å²) in [7, 11) is -3.71. The smallest absolute Gasteiger partial charge is 0.207 e. The van der Waals surface area contributed by atoms with Crippen LogP contribution in [-0.2, 0) is 10.0 Å². The third-order valence-electron chi connectivity index (χ3n) is 3.09. The van der Waals surface area contributed by atoms with Crippen LogP contribution in [0.5, 0.6) is 0 Å². The Morgan fingerprint density at radius 3 is 2.14 bits per heavy atom. The molecule has 3 nitrogen and oxygen atoms in total. The minimum Gasteiger partial charge on any atom is -0.207 e. The van der Waals surface area contributed by atoms with Crippen LogP contribution in [0.2, 0.25) is 10.0 Å². The number of halogens is 3. The molecule has 0 saturated carbocycles. The fourth-order valence-corrected chi connectivity index (χ4v) is 5.63. The average molecular weight is 417 g/mol. The van der Waals surface area contributed by atoms with E-state index in [1.807, 2.05) is 13.8 Å². The van der Waals surface area contributed by atoms with Crippen LogP contribution in [0.15, 0.2) is 21.5 Å². The van der Waals surface area contributed by atoms with Crippen LogP contribution in [0.1, 0.15) is 40.0 Å². The molecule has 0 aromatic heterocycles. The maximum absolute atomic E-state index is 12.9. The van der Waals surface area contributed by atoms with Gasteiger partial charge in [0.25, 0.3) is 0 Å². The van der Waals surface area contributed by atoms with E-state index >= 15 is 0 Å². The third-order valence-corrected chi connectivity index (χ3v) is 6.54.